The van der Waals surface area contributed by atoms with Gasteiger partial charge in [-0.05, 0) is 25.2 Å². The molecular formula is C13H28IN3. The van der Waals surface area contributed by atoms with Crippen molar-refractivity contribution in [1.82, 2.24) is 5.32 Å². The molecule has 102 valence electrons. The molecule has 1 saturated carbocycles. The van der Waals surface area contributed by atoms with Gasteiger partial charge in [-0.2, -0.15) is 0 Å². The van der Waals surface area contributed by atoms with Gasteiger partial charge in [-0.15, -0.1) is 24.0 Å². The van der Waals surface area contributed by atoms with E-state index in [0.29, 0.717) is 5.96 Å². The Kier molecular flexibility index (Phi) is 11.1. The zero-order chi connectivity index (χ0) is 11.6. The van der Waals surface area contributed by atoms with Crippen molar-refractivity contribution in [1.29, 1.82) is 0 Å². The van der Waals surface area contributed by atoms with Gasteiger partial charge in [-0.25, -0.2) is 0 Å². The Morgan fingerprint density at radius 2 is 1.76 bits per heavy atom. The average Bonchev–Trinajstić information content (AvgIpc) is 2.25. The Hall–Kier alpha value is 0. The number of rotatable bonds is 4. The standard InChI is InChI=1S/C13H27N3.HI/c1-2-10-15-13(14)16-11-12-8-6-4-3-5-7-9-12;/h12H,2-11H2,1H3,(H3,14,15,16);1H. The highest BCUT2D eigenvalue weighted by atomic mass is 127. The highest BCUT2D eigenvalue weighted by Gasteiger charge is 2.10. The first kappa shape index (κ1) is 17.0. The van der Waals surface area contributed by atoms with E-state index in [0.717, 1.165) is 25.4 Å². The van der Waals surface area contributed by atoms with Crippen molar-refractivity contribution in [2.45, 2.75) is 58.3 Å². The summed E-state index contributed by atoms with van der Waals surface area (Å²) in [5.74, 6) is 1.39. The second-order valence-corrected chi connectivity index (χ2v) is 4.86. The average molecular weight is 353 g/mol. The summed E-state index contributed by atoms with van der Waals surface area (Å²) in [4.78, 5) is 4.44. The summed E-state index contributed by atoms with van der Waals surface area (Å²) < 4.78 is 0. The van der Waals surface area contributed by atoms with E-state index in [9.17, 15) is 0 Å². The molecule has 4 heteroatoms. The number of hydrogen-bond acceptors (Lipinski definition) is 1. The van der Waals surface area contributed by atoms with Gasteiger partial charge in [-0.1, -0.05) is 39.0 Å². The Balaban J connectivity index is 0.00000256. The fourth-order valence-electron chi connectivity index (χ4n) is 2.26. The second kappa shape index (κ2) is 11.1. The summed E-state index contributed by atoms with van der Waals surface area (Å²) in [6, 6.07) is 0. The van der Waals surface area contributed by atoms with Gasteiger partial charge in [0, 0.05) is 13.1 Å². The van der Waals surface area contributed by atoms with Crippen molar-refractivity contribution < 1.29 is 0 Å². The maximum absolute atomic E-state index is 5.79. The van der Waals surface area contributed by atoms with Gasteiger partial charge in [0.1, 0.15) is 0 Å². The Labute approximate surface area is 123 Å². The molecule has 0 atom stereocenters. The summed E-state index contributed by atoms with van der Waals surface area (Å²) in [6.07, 6.45) is 10.8. The Morgan fingerprint density at radius 1 is 1.18 bits per heavy atom. The van der Waals surface area contributed by atoms with Gasteiger partial charge in [0.2, 0.25) is 0 Å². The van der Waals surface area contributed by atoms with Crippen molar-refractivity contribution in [2.24, 2.45) is 16.6 Å². The molecule has 3 N–H and O–H groups in total. The highest BCUT2D eigenvalue weighted by Crippen LogP contribution is 2.22. The minimum absolute atomic E-state index is 0. The molecule has 0 saturated heterocycles. The van der Waals surface area contributed by atoms with Crippen LogP contribution in [0.4, 0.5) is 0 Å². The molecule has 1 aliphatic rings. The molecule has 0 aromatic heterocycles. The van der Waals surface area contributed by atoms with Gasteiger partial charge in [0.05, 0.1) is 0 Å². The molecule has 0 spiro atoms. The molecule has 0 aromatic rings. The third-order valence-electron chi connectivity index (χ3n) is 3.30. The smallest absolute Gasteiger partial charge is 0.188 e. The van der Waals surface area contributed by atoms with E-state index in [-0.39, 0.29) is 24.0 Å². The Morgan fingerprint density at radius 3 is 2.35 bits per heavy atom. The fraction of sp³-hybridized carbons (Fsp3) is 0.923. The van der Waals surface area contributed by atoms with E-state index < -0.39 is 0 Å². The first-order chi connectivity index (χ1) is 7.83. The van der Waals surface area contributed by atoms with Crippen LogP contribution in [0.5, 0.6) is 0 Å². The number of nitrogens with one attached hydrogen (secondary N) is 1. The molecule has 3 nitrogen and oxygen atoms in total. The van der Waals surface area contributed by atoms with Crippen LogP contribution in [-0.4, -0.2) is 19.0 Å². The first-order valence-corrected chi connectivity index (χ1v) is 6.86. The van der Waals surface area contributed by atoms with Gasteiger partial charge in [-0.3, -0.25) is 4.99 Å². The third-order valence-corrected chi connectivity index (χ3v) is 3.30. The van der Waals surface area contributed by atoms with E-state index in [2.05, 4.69) is 17.2 Å². The molecule has 0 bridgehead atoms. The number of nitrogens with zero attached hydrogens (tertiary/aromatic N) is 1. The van der Waals surface area contributed by atoms with E-state index in [1.54, 1.807) is 0 Å². The van der Waals surface area contributed by atoms with E-state index >= 15 is 0 Å². The molecule has 17 heavy (non-hydrogen) atoms. The molecule has 1 fully saturated rings. The summed E-state index contributed by atoms with van der Waals surface area (Å²) >= 11 is 0. The van der Waals surface area contributed by atoms with Crippen molar-refractivity contribution in [3.05, 3.63) is 0 Å². The summed E-state index contributed by atoms with van der Waals surface area (Å²) in [5.41, 5.74) is 5.79. The lowest BCUT2D eigenvalue weighted by Gasteiger charge is -2.17. The molecule has 0 heterocycles. The zero-order valence-electron chi connectivity index (χ0n) is 11.1. The lowest BCUT2D eigenvalue weighted by Crippen LogP contribution is -2.32. The normalized spacial score (nSPS) is 19.0. The molecule has 0 radical (unpaired) electrons. The summed E-state index contributed by atoms with van der Waals surface area (Å²) in [5, 5.41) is 3.13. The largest absolute Gasteiger partial charge is 0.370 e. The summed E-state index contributed by atoms with van der Waals surface area (Å²) in [7, 11) is 0. The SMILES string of the molecule is CCCNC(N)=NCC1CCCCCCC1.I. The number of hydrogen-bond donors (Lipinski definition) is 2. The molecule has 0 unspecified atom stereocenters. The van der Waals surface area contributed by atoms with E-state index in [4.69, 9.17) is 5.73 Å². The van der Waals surface area contributed by atoms with Crippen LogP contribution in [0.25, 0.3) is 0 Å². The fourth-order valence-corrected chi connectivity index (χ4v) is 2.26. The van der Waals surface area contributed by atoms with Crippen LogP contribution in [0.1, 0.15) is 58.3 Å². The predicted molar refractivity (Wildman–Crippen MR) is 86.0 cm³/mol. The van der Waals surface area contributed by atoms with Crippen LogP contribution in [0.3, 0.4) is 0 Å². The number of aliphatic imine (C=N–C) groups is 1. The third kappa shape index (κ3) is 8.69. The number of guanidine groups is 1. The van der Waals surface area contributed by atoms with Crippen LogP contribution < -0.4 is 11.1 Å². The van der Waals surface area contributed by atoms with E-state index in [1.807, 2.05) is 0 Å². The van der Waals surface area contributed by atoms with Gasteiger partial charge in [0.15, 0.2) is 5.96 Å². The minimum atomic E-state index is 0. The van der Waals surface area contributed by atoms with Crippen molar-refractivity contribution in [2.75, 3.05) is 13.1 Å². The molecule has 1 rings (SSSR count). The number of halogens is 1. The molecule has 0 aliphatic heterocycles. The lowest BCUT2D eigenvalue weighted by atomic mass is 9.91. The maximum atomic E-state index is 5.79. The maximum Gasteiger partial charge on any atom is 0.188 e. The minimum Gasteiger partial charge on any atom is -0.370 e. The molecular weight excluding hydrogens is 325 g/mol. The highest BCUT2D eigenvalue weighted by molar-refractivity contribution is 14.0. The predicted octanol–water partition coefficient (Wildman–Crippen LogP) is 3.28. The van der Waals surface area contributed by atoms with Gasteiger partial charge in [0.25, 0.3) is 0 Å². The summed E-state index contributed by atoms with van der Waals surface area (Å²) in [6.45, 7) is 3.98. The lowest BCUT2D eigenvalue weighted by molar-refractivity contribution is 0.386. The Bertz CT molecular complexity index is 199. The van der Waals surface area contributed by atoms with Crippen molar-refractivity contribution in [3.63, 3.8) is 0 Å². The van der Waals surface area contributed by atoms with Gasteiger partial charge < -0.3 is 11.1 Å². The molecule has 0 aromatic carbocycles. The quantitative estimate of drug-likeness (QED) is 0.463. The van der Waals surface area contributed by atoms with E-state index in [1.165, 1.54) is 44.9 Å². The topological polar surface area (TPSA) is 50.4 Å². The molecule has 0 amide bonds. The van der Waals surface area contributed by atoms with Crippen LogP contribution in [-0.2, 0) is 0 Å². The van der Waals surface area contributed by atoms with Gasteiger partial charge >= 0.3 is 0 Å². The zero-order valence-corrected chi connectivity index (χ0v) is 13.4. The van der Waals surface area contributed by atoms with Crippen LogP contribution in [0.2, 0.25) is 0 Å². The van der Waals surface area contributed by atoms with Crippen molar-refractivity contribution >= 4 is 29.9 Å². The molecule has 1 aliphatic carbocycles. The van der Waals surface area contributed by atoms with Crippen molar-refractivity contribution in [3.8, 4) is 0 Å². The first-order valence-electron chi connectivity index (χ1n) is 6.86. The monoisotopic (exact) mass is 353 g/mol. The second-order valence-electron chi connectivity index (χ2n) is 4.86. The number of nitrogens with two attached hydrogens (primary N) is 1. The van der Waals surface area contributed by atoms with Crippen LogP contribution in [0, 0.1) is 5.92 Å². The van der Waals surface area contributed by atoms with Crippen LogP contribution >= 0.6 is 24.0 Å². The van der Waals surface area contributed by atoms with Crippen LogP contribution in [0.15, 0.2) is 4.99 Å².